The molecule has 1 N–H and O–H groups in total. The molecule has 0 aliphatic carbocycles. The number of alkyl halides is 2. The van der Waals surface area contributed by atoms with E-state index in [1.54, 1.807) is 12.1 Å². The van der Waals surface area contributed by atoms with Crippen LogP contribution >= 0.6 is 0 Å². The summed E-state index contributed by atoms with van der Waals surface area (Å²) in [7, 11) is 0. The molecule has 1 fully saturated rings. The van der Waals surface area contributed by atoms with Crippen molar-refractivity contribution in [2.24, 2.45) is 0 Å². The van der Waals surface area contributed by atoms with Gasteiger partial charge in [0.1, 0.15) is 5.75 Å². The summed E-state index contributed by atoms with van der Waals surface area (Å²) in [6, 6.07) is 6.62. The number of hydrogen-bond acceptors (Lipinski definition) is 3. The second kappa shape index (κ2) is 6.85. The van der Waals surface area contributed by atoms with E-state index in [0.717, 1.165) is 12.1 Å². The Kier molecular flexibility index (Phi) is 5.12. The summed E-state index contributed by atoms with van der Waals surface area (Å²) in [5, 5.41) is 3.32. The molecule has 0 aromatic heterocycles. The lowest BCUT2D eigenvalue weighted by Crippen LogP contribution is -2.57. The van der Waals surface area contributed by atoms with Crippen LogP contribution in [0.1, 0.15) is 19.4 Å². The number of hydrogen-bond donors (Lipinski definition) is 1. The van der Waals surface area contributed by atoms with Crippen LogP contribution in [0.4, 0.5) is 8.78 Å². The van der Waals surface area contributed by atoms with E-state index in [4.69, 9.17) is 0 Å². The summed E-state index contributed by atoms with van der Waals surface area (Å²) in [6.45, 7) is 2.73. The van der Waals surface area contributed by atoms with Crippen molar-refractivity contribution in [1.82, 2.24) is 10.2 Å². The van der Waals surface area contributed by atoms with Crippen LogP contribution in [-0.2, 0) is 11.2 Å². The number of carbonyl (C=O) groups is 1. The third kappa shape index (κ3) is 4.14. The van der Waals surface area contributed by atoms with Crippen molar-refractivity contribution >= 4 is 5.91 Å². The van der Waals surface area contributed by atoms with Gasteiger partial charge in [0.25, 0.3) is 0 Å². The van der Waals surface area contributed by atoms with Crippen molar-refractivity contribution in [3.8, 4) is 5.75 Å². The van der Waals surface area contributed by atoms with Crippen LogP contribution in [-0.4, -0.2) is 42.6 Å². The number of rotatable bonds is 4. The number of carbonyl (C=O) groups excluding carboxylic acids is 1. The maximum atomic E-state index is 12.3. The lowest BCUT2D eigenvalue weighted by Gasteiger charge is -2.38. The summed E-state index contributed by atoms with van der Waals surface area (Å²) in [5.74, 6) is 0.156. The Morgan fingerprint density at radius 2 is 2.05 bits per heavy atom. The largest absolute Gasteiger partial charge is 0.435 e. The molecule has 2 rings (SSSR count). The first kappa shape index (κ1) is 15.7. The van der Waals surface area contributed by atoms with E-state index < -0.39 is 6.61 Å². The van der Waals surface area contributed by atoms with Crippen LogP contribution in [0, 0.1) is 0 Å². The van der Waals surface area contributed by atoms with Gasteiger partial charge in [-0.1, -0.05) is 12.1 Å². The minimum Gasteiger partial charge on any atom is -0.435 e. The second-order valence-corrected chi connectivity index (χ2v) is 5.27. The van der Waals surface area contributed by atoms with E-state index in [0.29, 0.717) is 6.54 Å². The molecule has 0 radical (unpaired) electrons. The number of nitrogens with one attached hydrogen (secondary N) is 1. The minimum absolute atomic E-state index is 0.0541. The van der Waals surface area contributed by atoms with Gasteiger partial charge >= 0.3 is 6.61 Å². The third-order valence-corrected chi connectivity index (χ3v) is 3.86. The lowest BCUT2D eigenvalue weighted by molar-refractivity contribution is -0.134. The fourth-order valence-corrected chi connectivity index (χ4v) is 2.47. The fraction of sp³-hybridized carbons (Fsp3) is 0.533. The molecule has 1 saturated heterocycles. The maximum Gasteiger partial charge on any atom is 0.387 e. The number of amides is 1. The molecular formula is C15H20F2N2O2. The number of benzene rings is 1. The quantitative estimate of drug-likeness (QED) is 0.925. The van der Waals surface area contributed by atoms with Gasteiger partial charge in [0, 0.05) is 25.2 Å². The van der Waals surface area contributed by atoms with Gasteiger partial charge in [0.05, 0.1) is 6.42 Å². The van der Waals surface area contributed by atoms with Gasteiger partial charge in [0.15, 0.2) is 0 Å². The van der Waals surface area contributed by atoms with Crippen LogP contribution in [0.15, 0.2) is 24.3 Å². The van der Waals surface area contributed by atoms with Crippen LogP contribution in [0.3, 0.4) is 0 Å². The topological polar surface area (TPSA) is 41.6 Å². The van der Waals surface area contributed by atoms with E-state index >= 15 is 0 Å². The molecule has 1 amide bonds. The summed E-state index contributed by atoms with van der Waals surface area (Å²) < 4.78 is 28.4. The van der Waals surface area contributed by atoms with Crippen LogP contribution in [0.2, 0.25) is 0 Å². The molecule has 2 unspecified atom stereocenters. The highest BCUT2D eigenvalue weighted by molar-refractivity contribution is 5.79. The first-order chi connectivity index (χ1) is 9.97. The Labute approximate surface area is 123 Å². The van der Waals surface area contributed by atoms with E-state index in [1.807, 2.05) is 11.8 Å². The molecule has 116 valence electrons. The summed E-state index contributed by atoms with van der Waals surface area (Å²) in [6.07, 6.45) is 0.270. The molecule has 6 heteroatoms. The number of halogens is 2. The summed E-state index contributed by atoms with van der Waals surface area (Å²) >= 11 is 0. The smallest absolute Gasteiger partial charge is 0.387 e. The van der Waals surface area contributed by atoms with Gasteiger partial charge in [-0.25, -0.2) is 0 Å². The van der Waals surface area contributed by atoms with E-state index in [1.165, 1.54) is 12.1 Å². The number of ether oxygens (including phenoxy) is 1. The Morgan fingerprint density at radius 3 is 2.67 bits per heavy atom. The maximum absolute atomic E-state index is 12.3. The highest BCUT2D eigenvalue weighted by Gasteiger charge is 2.27. The monoisotopic (exact) mass is 298 g/mol. The van der Waals surface area contributed by atoms with Gasteiger partial charge < -0.3 is 15.0 Å². The molecule has 0 bridgehead atoms. The van der Waals surface area contributed by atoms with Gasteiger partial charge in [0.2, 0.25) is 5.91 Å². The Hall–Kier alpha value is -1.69. The number of piperazine rings is 1. The molecule has 21 heavy (non-hydrogen) atoms. The van der Waals surface area contributed by atoms with Crippen molar-refractivity contribution in [2.75, 3.05) is 13.1 Å². The van der Waals surface area contributed by atoms with Crippen LogP contribution in [0.25, 0.3) is 0 Å². The highest BCUT2D eigenvalue weighted by atomic mass is 19.3. The van der Waals surface area contributed by atoms with E-state index in [2.05, 4.69) is 17.0 Å². The molecule has 1 heterocycles. The first-order valence-corrected chi connectivity index (χ1v) is 7.04. The standard InChI is InChI=1S/C15H20F2N2O2/c1-10-11(2)19(8-7-18-10)14(20)9-12-3-5-13(6-4-12)21-15(16)17/h3-6,10-11,15,18H,7-9H2,1-2H3. The van der Waals surface area contributed by atoms with Gasteiger partial charge in [-0.3, -0.25) is 4.79 Å². The SMILES string of the molecule is CC1NCCN(C(=O)Cc2ccc(OC(F)F)cc2)C1C. The van der Waals surface area contributed by atoms with Crippen molar-refractivity contribution in [2.45, 2.75) is 39.0 Å². The molecule has 1 aromatic rings. The van der Waals surface area contributed by atoms with Crippen LogP contribution < -0.4 is 10.1 Å². The predicted molar refractivity (Wildman–Crippen MR) is 75.4 cm³/mol. The average Bonchev–Trinajstić information content (AvgIpc) is 2.43. The van der Waals surface area contributed by atoms with Crippen LogP contribution in [0.5, 0.6) is 5.75 Å². The Bertz CT molecular complexity index is 479. The van der Waals surface area contributed by atoms with Crippen molar-refractivity contribution in [3.05, 3.63) is 29.8 Å². The van der Waals surface area contributed by atoms with Crippen molar-refractivity contribution in [1.29, 1.82) is 0 Å². The zero-order chi connectivity index (χ0) is 15.4. The average molecular weight is 298 g/mol. The van der Waals surface area contributed by atoms with Gasteiger partial charge in [-0.15, -0.1) is 0 Å². The summed E-state index contributed by atoms with van der Waals surface area (Å²) in [5.41, 5.74) is 0.792. The zero-order valence-corrected chi connectivity index (χ0v) is 12.2. The predicted octanol–water partition coefficient (Wildman–Crippen LogP) is 2.04. The molecule has 2 atom stereocenters. The first-order valence-electron chi connectivity index (χ1n) is 7.04. The molecule has 1 aromatic carbocycles. The highest BCUT2D eigenvalue weighted by Crippen LogP contribution is 2.17. The Balaban J connectivity index is 1.96. The minimum atomic E-state index is -2.83. The molecule has 4 nitrogen and oxygen atoms in total. The normalized spacial score (nSPS) is 22.4. The molecule has 1 aliphatic rings. The fourth-order valence-electron chi connectivity index (χ4n) is 2.47. The van der Waals surface area contributed by atoms with Gasteiger partial charge in [-0.05, 0) is 31.5 Å². The van der Waals surface area contributed by atoms with Crippen molar-refractivity contribution < 1.29 is 18.3 Å². The molecular weight excluding hydrogens is 278 g/mol. The lowest BCUT2D eigenvalue weighted by atomic mass is 10.0. The molecule has 0 spiro atoms. The molecule has 1 aliphatic heterocycles. The third-order valence-electron chi connectivity index (χ3n) is 3.86. The van der Waals surface area contributed by atoms with Gasteiger partial charge in [-0.2, -0.15) is 8.78 Å². The zero-order valence-electron chi connectivity index (χ0n) is 12.2. The Morgan fingerprint density at radius 1 is 1.38 bits per heavy atom. The molecule has 0 saturated carbocycles. The summed E-state index contributed by atoms with van der Waals surface area (Å²) in [4.78, 5) is 14.2. The van der Waals surface area contributed by atoms with Crippen molar-refractivity contribution in [3.63, 3.8) is 0 Å². The number of nitrogens with zero attached hydrogens (tertiary/aromatic N) is 1. The van der Waals surface area contributed by atoms with E-state index in [-0.39, 0.29) is 30.2 Å². The van der Waals surface area contributed by atoms with E-state index in [9.17, 15) is 13.6 Å². The second-order valence-electron chi connectivity index (χ2n) is 5.27.